The van der Waals surface area contributed by atoms with Crippen molar-refractivity contribution in [3.8, 4) is 29.2 Å². The zero-order chi connectivity index (χ0) is 19.5. The molecule has 1 atom stereocenters. The van der Waals surface area contributed by atoms with E-state index < -0.39 is 5.82 Å². The standard InChI is InChI=1S/C21H21FN4OS/c22-18-12-14(3-4-15(18)13-23)20-19(6-5-17-2-1-11-27-17)28-21(25-20)26-9-7-16(24)8-10-26/h3-4,12,16-17H,1-2,7-11,24H2. The number of nitrogens with zero attached hydrogens (tertiary/aromatic N) is 3. The minimum Gasteiger partial charge on any atom is -0.366 e. The van der Waals surface area contributed by atoms with Gasteiger partial charge in [-0.05, 0) is 37.8 Å². The quantitative estimate of drug-likeness (QED) is 0.789. The number of hydrogen-bond donors (Lipinski definition) is 1. The maximum absolute atomic E-state index is 14.2. The first-order chi connectivity index (χ1) is 13.6. The molecule has 0 bridgehead atoms. The van der Waals surface area contributed by atoms with Gasteiger partial charge in [0.15, 0.2) is 5.13 Å². The van der Waals surface area contributed by atoms with Crippen LogP contribution in [0.2, 0.25) is 0 Å². The van der Waals surface area contributed by atoms with Crippen molar-refractivity contribution in [1.82, 2.24) is 4.98 Å². The number of nitriles is 1. The Kier molecular flexibility index (Phi) is 5.59. The van der Waals surface area contributed by atoms with Gasteiger partial charge < -0.3 is 15.4 Å². The zero-order valence-corrected chi connectivity index (χ0v) is 16.3. The van der Waals surface area contributed by atoms with E-state index >= 15 is 0 Å². The molecule has 1 aromatic heterocycles. The number of aromatic nitrogens is 1. The molecule has 7 heteroatoms. The largest absolute Gasteiger partial charge is 0.366 e. The average Bonchev–Trinajstić information content (AvgIpc) is 3.37. The van der Waals surface area contributed by atoms with Crippen LogP contribution in [0.5, 0.6) is 0 Å². The number of halogens is 1. The summed E-state index contributed by atoms with van der Waals surface area (Å²) in [5.41, 5.74) is 7.32. The molecule has 2 aliphatic rings. The molecule has 2 aliphatic heterocycles. The summed E-state index contributed by atoms with van der Waals surface area (Å²) in [5, 5.41) is 9.86. The summed E-state index contributed by atoms with van der Waals surface area (Å²) in [7, 11) is 0. The Labute approximate surface area is 167 Å². The Morgan fingerprint density at radius 3 is 2.79 bits per heavy atom. The van der Waals surface area contributed by atoms with Gasteiger partial charge in [-0.2, -0.15) is 5.26 Å². The van der Waals surface area contributed by atoms with E-state index in [4.69, 9.17) is 20.7 Å². The Morgan fingerprint density at radius 2 is 2.11 bits per heavy atom. The Morgan fingerprint density at radius 1 is 1.29 bits per heavy atom. The highest BCUT2D eigenvalue weighted by Crippen LogP contribution is 2.34. The first-order valence-corrected chi connectivity index (χ1v) is 10.3. The van der Waals surface area contributed by atoms with Crippen LogP contribution in [0.3, 0.4) is 0 Å². The molecule has 2 aromatic rings. The van der Waals surface area contributed by atoms with Crippen molar-refractivity contribution in [3.05, 3.63) is 34.5 Å². The highest BCUT2D eigenvalue weighted by Gasteiger charge is 2.22. The molecule has 144 valence electrons. The van der Waals surface area contributed by atoms with Crippen LogP contribution in [0.25, 0.3) is 11.3 Å². The second-order valence-corrected chi connectivity index (χ2v) is 8.05. The first kappa shape index (κ1) is 18.9. The third-order valence-electron chi connectivity index (χ3n) is 5.07. The minimum absolute atomic E-state index is 0.0243. The fraction of sp³-hybridized carbons (Fsp3) is 0.429. The van der Waals surface area contributed by atoms with Crippen molar-refractivity contribution in [1.29, 1.82) is 5.26 Å². The Balaban J connectivity index is 1.70. The molecule has 1 unspecified atom stereocenters. The van der Waals surface area contributed by atoms with Crippen LogP contribution in [0, 0.1) is 29.0 Å². The van der Waals surface area contributed by atoms with E-state index in [0.29, 0.717) is 11.3 Å². The van der Waals surface area contributed by atoms with Crippen molar-refractivity contribution in [3.63, 3.8) is 0 Å². The lowest BCUT2D eigenvalue weighted by Gasteiger charge is -2.29. The smallest absolute Gasteiger partial charge is 0.187 e. The molecule has 4 rings (SSSR count). The molecule has 2 N–H and O–H groups in total. The van der Waals surface area contributed by atoms with Gasteiger partial charge in [0.25, 0.3) is 0 Å². The molecule has 0 amide bonds. The number of anilines is 1. The van der Waals surface area contributed by atoms with Crippen molar-refractivity contribution in [2.75, 3.05) is 24.6 Å². The molecular weight excluding hydrogens is 375 g/mol. The molecule has 28 heavy (non-hydrogen) atoms. The molecule has 5 nitrogen and oxygen atoms in total. The predicted octanol–water partition coefficient (Wildman–Crippen LogP) is 3.28. The van der Waals surface area contributed by atoms with Crippen molar-refractivity contribution in [2.45, 2.75) is 37.8 Å². The van der Waals surface area contributed by atoms with Gasteiger partial charge in [-0.25, -0.2) is 9.37 Å². The van der Waals surface area contributed by atoms with Crippen LogP contribution in [-0.4, -0.2) is 36.8 Å². The van der Waals surface area contributed by atoms with Crippen molar-refractivity contribution >= 4 is 16.5 Å². The number of nitrogens with two attached hydrogens (primary N) is 1. The van der Waals surface area contributed by atoms with E-state index in [1.165, 1.54) is 23.5 Å². The molecule has 3 heterocycles. The molecule has 0 aliphatic carbocycles. The van der Waals surface area contributed by atoms with E-state index in [9.17, 15) is 4.39 Å². The highest BCUT2D eigenvalue weighted by molar-refractivity contribution is 7.16. The maximum Gasteiger partial charge on any atom is 0.187 e. The Hall–Kier alpha value is -2.45. The predicted molar refractivity (Wildman–Crippen MR) is 107 cm³/mol. The van der Waals surface area contributed by atoms with Crippen molar-refractivity contribution in [2.24, 2.45) is 5.73 Å². The van der Waals surface area contributed by atoms with Gasteiger partial charge in [0.1, 0.15) is 22.9 Å². The summed E-state index contributed by atoms with van der Waals surface area (Å²) in [6.45, 7) is 2.46. The summed E-state index contributed by atoms with van der Waals surface area (Å²) in [6, 6.07) is 6.67. The number of hydrogen-bond acceptors (Lipinski definition) is 6. The summed E-state index contributed by atoms with van der Waals surface area (Å²) in [5.74, 6) is 5.85. The van der Waals surface area contributed by atoms with Gasteiger partial charge in [0.2, 0.25) is 0 Å². The van der Waals surface area contributed by atoms with Gasteiger partial charge in [-0.3, -0.25) is 0 Å². The SMILES string of the molecule is N#Cc1ccc(-c2nc(N3CCC(N)CC3)sc2C#CC2CCCO2)cc1F. The van der Waals surface area contributed by atoms with Crippen LogP contribution < -0.4 is 10.6 Å². The van der Waals surface area contributed by atoms with Crippen LogP contribution in [0.1, 0.15) is 36.1 Å². The molecular formula is C21H21FN4OS. The second-order valence-electron chi connectivity index (χ2n) is 7.08. The molecule has 2 fully saturated rings. The number of rotatable bonds is 2. The fourth-order valence-electron chi connectivity index (χ4n) is 3.41. The van der Waals surface area contributed by atoms with Gasteiger partial charge in [-0.1, -0.05) is 29.2 Å². The third kappa shape index (κ3) is 4.02. The molecule has 0 spiro atoms. The van der Waals surface area contributed by atoms with E-state index in [-0.39, 0.29) is 17.7 Å². The summed E-state index contributed by atoms with van der Waals surface area (Å²) < 4.78 is 19.8. The normalized spacial score (nSPS) is 19.9. The van der Waals surface area contributed by atoms with Crippen LogP contribution in [0.15, 0.2) is 18.2 Å². The zero-order valence-electron chi connectivity index (χ0n) is 15.4. The number of piperidine rings is 1. The van der Waals surface area contributed by atoms with Gasteiger partial charge >= 0.3 is 0 Å². The summed E-state index contributed by atoms with van der Waals surface area (Å²) in [6.07, 6.45) is 3.76. The lowest BCUT2D eigenvalue weighted by atomic mass is 10.1. The van der Waals surface area contributed by atoms with Gasteiger partial charge in [0.05, 0.1) is 11.3 Å². The third-order valence-corrected chi connectivity index (χ3v) is 6.10. The van der Waals surface area contributed by atoms with Gasteiger partial charge in [0, 0.05) is 31.3 Å². The van der Waals surface area contributed by atoms with Gasteiger partial charge in [-0.15, -0.1) is 0 Å². The van der Waals surface area contributed by atoms with E-state index in [2.05, 4.69) is 16.7 Å². The van der Waals surface area contributed by atoms with E-state index in [1.807, 2.05) is 6.07 Å². The summed E-state index contributed by atoms with van der Waals surface area (Å²) in [4.78, 5) is 7.79. The molecule has 0 saturated carbocycles. The summed E-state index contributed by atoms with van der Waals surface area (Å²) >= 11 is 1.52. The van der Waals surface area contributed by atoms with Crippen LogP contribution in [-0.2, 0) is 4.74 Å². The topological polar surface area (TPSA) is 75.2 Å². The fourth-order valence-corrected chi connectivity index (χ4v) is 4.41. The maximum atomic E-state index is 14.2. The molecule has 0 radical (unpaired) electrons. The van der Waals surface area contributed by atoms with Crippen molar-refractivity contribution < 1.29 is 9.13 Å². The lowest BCUT2D eigenvalue weighted by Crippen LogP contribution is -2.39. The monoisotopic (exact) mass is 396 g/mol. The molecule has 1 aromatic carbocycles. The lowest BCUT2D eigenvalue weighted by molar-refractivity contribution is 0.152. The number of thiazole rings is 1. The average molecular weight is 396 g/mol. The van der Waals surface area contributed by atoms with E-state index in [1.54, 1.807) is 6.07 Å². The Bertz CT molecular complexity index is 957. The van der Waals surface area contributed by atoms with Crippen LogP contribution >= 0.6 is 11.3 Å². The number of ether oxygens (including phenoxy) is 1. The minimum atomic E-state index is -0.545. The molecule has 2 saturated heterocycles. The first-order valence-electron chi connectivity index (χ1n) is 9.48. The highest BCUT2D eigenvalue weighted by atomic mass is 32.1. The second kappa shape index (κ2) is 8.28. The van der Waals surface area contributed by atoms with Crippen LogP contribution in [0.4, 0.5) is 9.52 Å². The number of benzene rings is 1. The van der Waals surface area contributed by atoms with E-state index in [0.717, 1.165) is 55.4 Å².